The molecular weight excluding hydrogens is 380 g/mol. The summed E-state index contributed by atoms with van der Waals surface area (Å²) in [7, 11) is -3.89. The van der Waals surface area contributed by atoms with Crippen LogP contribution in [0.5, 0.6) is 0 Å². The summed E-state index contributed by atoms with van der Waals surface area (Å²) in [4.78, 5) is 26.9. The van der Waals surface area contributed by atoms with Gasteiger partial charge in [-0.3, -0.25) is 9.59 Å². The normalized spacial score (nSPS) is 17.2. The zero-order valence-electron chi connectivity index (χ0n) is 17.0. The van der Waals surface area contributed by atoms with E-state index in [1.54, 1.807) is 30.9 Å². The third-order valence-corrected chi connectivity index (χ3v) is 6.30. The van der Waals surface area contributed by atoms with Crippen molar-refractivity contribution >= 4 is 21.9 Å². The summed E-state index contributed by atoms with van der Waals surface area (Å²) in [5.74, 6) is -1.33. The lowest BCUT2D eigenvalue weighted by atomic mass is 10.1. The van der Waals surface area contributed by atoms with Gasteiger partial charge in [0, 0.05) is 13.1 Å². The van der Waals surface area contributed by atoms with E-state index in [9.17, 15) is 18.0 Å². The number of amides is 1. The minimum Gasteiger partial charge on any atom is -0.451 e. The number of nitrogens with one attached hydrogen (secondary N) is 1. The van der Waals surface area contributed by atoms with Gasteiger partial charge in [0.05, 0.1) is 4.90 Å². The molecular formula is C20H30N2O5S. The number of hydrogen-bond acceptors (Lipinski definition) is 5. The molecule has 0 saturated carbocycles. The summed E-state index contributed by atoms with van der Waals surface area (Å²) in [6.07, 6.45) is 2.03. The SMILES string of the molecule is Cc1ccc(S(=O)(=O)NC(C(=O)OC(C)C(=O)N2CCCCC2)C(C)C)cc1. The molecule has 1 aliphatic rings. The number of piperidine rings is 1. The molecule has 156 valence electrons. The molecule has 0 bridgehead atoms. The Morgan fingerprint density at radius 1 is 1.04 bits per heavy atom. The molecule has 0 aromatic heterocycles. The van der Waals surface area contributed by atoms with Crippen LogP contribution in [0.3, 0.4) is 0 Å². The fraction of sp³-hybridized carbons (Fsp3) is 0.600. The van der Waals surface area contributed by atoms with Gasteiger partial charge in [-0.25, -0.2) is 8.42 Å². The molecule has 1 fully saturated rings. The standard InChI is InChI=1S/C20H30N2O5S/c1-14(2)18(21-28(25,26)17-10-8-15(3)9-11-17)20(24)27-16(4)19(23)22-12-6-5-7-13-22/h8-11,14,16,18,21H,5-7,12-13H2,1-4H3. The van der Waals surface area contributed by atoms with Crippen molar-refractivity contribution in [1.29, 1.82) is 0 Å². The first-order valence-electron chi connectivity index (χ1n) is 9.70. The first kappa shape index (κ1) is 22.4. The van der Waals surface area contributed by atoms with E-state index < -0.39 is 28.1 Å². The summed E-state index contributed by atoms with van der Waals surface area (Å²) in [5.41, 5.74) is 0.934. The highest BCUT2D eigenvalue weighted by atomic mass is 32.2. The van der Waals surface area contributed by atoms with Gasteiger partial charge in [-0.05, 0) is 51.2 Å². The van der Waals surface area contributed by atoms with Crippen LogP contribution in [0, 0.1) is 12.8 Å². The van der Waals surface area contributed by atoms with Gasteiger partial charge in [-0.15, -0.1) is 0 Å². The third-order valence-electron chi connectivity index (χ3n) is 4.84. The molecule has 28 heavy (non-hydrogen) atoms. The predicted molar refractivity (Wildman–Crippen MR) is 106 cm³/mol. The molecule has 2 atom stereocenters. The summed E-state index contributed by atoms with van der Waals surface area (Å²) in [5, 5.41) is 0. The van der Waals surface area contributed by atoms with Crippen LogP contribution in [0.4, 0.5) is 0 Å². The van der Waals surface area contributed by atoms with Gasteiger partial charge in [0.15, 0.2) is 6.10 Å². The molecule has 1 N–H and O–H groups in total. The second kappa shape index (κ2) is 9.52. The van der Waals surface area contributed by atoms with E-state index in [1.807, 2.05) is 6.92 Å². The molecule has 0 spiro atoms. The van der Waals surface area contributed by atoms with Gasteiger partial charge >= 0.3 is 5.97 Å². The Balaban J connectivity index is 2.06. The minimum absolute atomic E-state index is 0.0778. The van der Waals surface area contributed by atoms with E-state index in [1.165, 1.54) is 19.1 Å². The number of carbonyl (C=O) groups excluding carboxylic acids is 2. The van der Waals surface area contributed by atoms with Gasteiger partial charge in [0.1, 0.15) is 6.04 Å². The average molecular weight is 411 g/mol. The van der Waals surface area contributed by atoms with Crippen molar-refractivity contribution < 1.29 is 22.7 Å². The van der Waals surface area contributed by atoms with Gasteiger partial charge in [-0.1, -0.05) is 31.5 Å². The maximum atomic E-state index is 12.6. The van der Waals surface area contributed by atoms with Crippen LogP contribution in [-0.2, 0) is 24.3 Å². The van der Waals surface area contributed by atoms with Crippen molar-refractivity contribution in [1.82, 2.24) is 9.62 Å². The number of likely N-dealkylation sites (tertiary alicyclic amines) is 1. The monoisotopic (exact) mass is 410 g/mol. The van der Waals surface area contributed by atoms with Crippen LogP contribution >= 0.6 is 0 Å². The number of rotatable bonds is 7. The number of esters is 1. The maximum Gasteiger partial charge on any atom is 0.325 e. The van der Waals surface area contributed by atoms with Crippen LogP contribution in [0.25, 0.3) is 0 Å². The lowest BCUT2D eigenvalue weighted by Crippen LogP contribution is -2.48. The average Bonchev–Trinajstić information content (AvgIpc) is 2.66. The number of sulfonamides is 1. The van der Waals surface area contributed by atoms with Crippen LogP contribution in [0.2, 0.25) is 0 Å². The molecule has 1 saturated heterocycles. The van der Waals surface area contributed by atoms with Crippen molar-refractivity contribution in [3.63, 3.8) is 0 Å². The van der Waals surface area contributed by atoms with Crippen LogP contribution < -0.4 is 4.72 Å². The van der Waals surface area contributed by atoms with Gasteiger partial charge in [0.2, 0.25) is 10.0 Å². The number of aryl methyl sites for hydroxylation is 1. The Kier molecular flexibility index (Phi) is 7.60. The van der Waals surface area contributed by atoms with E-state index >= 15 is 0 Å². The van der Waals surface area contributed by atoms with E-state index in [0.29, 0.717) is 13.1 Å². The molecule has 1 aliphatic heterocycles. The highest BCUT2D eigenvalue weighted by molar-refractivity contribution is 7.89. The first-order chi connectivity index (χ1) is 13.1. The second-order valence-corrected chi connectivity index (χ2v) is 9.34. The molecule has 1 aromatic carbocycles. The topological polar surface area (TPSA) is 92.8 Å². The quantitative estimate of drug-likeness (QED) is 0.696. The molecule has 8 heteroatoms. The lowest BCUT2D eigenvalue weighted by Gasteiger charge is -2.30. The molecule has 1 amide bonds. The third kappa shape index (κ3) is 5.78. The van der Waals surface area contributed by atoms with Crippen molar-refractivity contribution in [3.8, 4) is 0 Å². The predicted octanol–water partition coefficient (Wildman–Crippen LogP) is 2.24. The smallest absolute Gasteiger partial charge is 0.325 e. The van der Waals surface area contributed by atoms with Gasteiger partial charge < -0.3 is 9.64 Å². The largest absolute Gasteiger partial charge is 0.451 e. The first-order valence-corrected chi connectivity index (χ1v) is 11.2. The summed E-state index contributed by atoms with van der Waals surface area (Å²) in [6.45, 7) is 8.16. The molecule has 0 radical (unpaired) electrons. The minimum atomic E-state index is -3.89. The number of ether oxygens (including phenoxy) is 1. The van der Waals surface area contributed by atoms with Crippen LogP contribution in [0.15, 0.2) is 29.2 Å². The Labute approximate surface area is 167 Å². The van der Waals surface area contributed by atoms with Crippen molar-refractivity contribution in [2.45, 2.75) is 64.0 Å². The Morgan fingerprint density at radius 3 is 2.14 bits per heavy atom. The number of nitrogens with zero attached hydrogens (tertiary/aromatic N) is 1. The van der Waals surface area contributed by atoms with Crippen LogP contribution in [0.1, 0.15) is 45.6 Å². The van der Waals surface area contributed by atoms with Crippen LogP contribution in [-0.4, -0.2) is 50.4 Å². The maximum absolute atomic E-state index is 12.6. The summed E-state index contributed by atoms with van der Waals surface area (Å²) >= 11 is 0. The highest BCUT2D eigenvalue weighted by Gasteiger charge is 2.33. The molecule has 1 aromatic rings. The highest BCUT2D eigenvalue weighted by Crippen LogP contribution is 2.16. The van der Waals surface area contributed by atoms with Crippen molar-refractivity contribution in [2.75, 3.05) is 13.1 Å². The number of benzene rings is 1. The zero-order chi connectivity index (χ0) is 20.9. The van der Waals surface area contributed by atoms with E-state index in [0.717, 1.165) is 24.8 Å². The second-order valence-electron chi connectivity index (χ2n) is 7.62. The molecule has 2 unspecified atom stereocenters. The van der Waals surface area contributed by atoms with Crippen molar-refractivity contribution in [2.24, 2.45) is 5.92 Å². The lowest BCUT2D eigenvalue weighted by molar-refractivity contribution is -0.161. The summed E-state index contributed by atoms with van der Waals surface area (Å²) in [6, 6.07) is 5.28. The fourth-order valence-electron chi connectivity index (χ4n) is 3.08. The van der Waals surface area contributed by atoms with E-state index in [2.05, 4.69) is 4.72 Å². The van der Waals surface area contributed by atoms with E-state index in [4.69, 9.17) is 4.74 Å². The summed E-state index contributed by atoms with van der Waals surface area (Å²) < 4.78 is 33.0. The van der Waals surface area contributed by atoms with Gasteiger partial charge in [0.25, 0.3) is 5.91 Å². The Bertz CT molecular complexity index is 783. The molecule has 7 nitrogen and oxygen atoms in total. The molecule has 0 aliphatic carbocycles. The molecule has 1 heterocycles. The van der Waals surface area contributed by atoms with Gasteiger partial charge in [-0.2, -0.15) is 4.72 Å². The van der Waals surface area contributed by atoms with Crippen molar-refractivity contribution in [3.05, 3.63) is 29.8 Å². The number of hydrogen-bond donors (Lipinski definition) is 1. The molecule has 2 rings (SSSR count). The number of carbonyl (C=O) groups is 2. The Morgan fingerprint density at radius 2 is 1.61 bits per heavy atom. The van der Waals surface area contributed by atoms with E-state index in [-0.39, 0.29) is 16.7 Å². The Hall–Kier alpha value is -1.93. The fourth-order valence-corrected chi connectivity index (χ4v) is 4.41. The zero-order valence-corrected chi connectivity index (χ0v) is 17.8.